The van der Waals surface area contributed by atoms with E-state index in [1.54, 1.807) is 14.2 Å². The van der Waals surface area contributed by atoms with Gasteiger partial charge in [0.15, 0.2) is 12.6 Å². The molecule has 2 fully saturated rings. The summed E-state index contributed by atoms with van der Waals surface area (Å²) in [5.41, 5.74) is 3.02. The van der Waals surface area contributed by atoms with Crippen LogP contribution in [0.1, 0.15) is 23.0 Å². The van der Waals surface area contributed by atoms with Gasteiger partial charge in [-0.2, -0.15) is 0 Å². The van der Waals surface area contributed by atoms with E-state index in [1.807, 2.05) is 84.9 Å². The number of hydrogen-bond acceptors (Lipinski definition) is 7. The van der Waals surface area contributed by atoms with Crippen LogP contribution in [-0.2, 0) is 41.6 Å². The molecule has 7 heteroatoms. The molecule has 7 nitrogen and oxygen atoms in total. The molecule has 0 saturated carbocycles. The molecule has 3 aromatic rings. The topological polar surface area (TPSA) is 64.6 Å². The van der Waals surface area contributed by atoms with Crippen molar-refractivity contribution in [3.8, 4) is 5.75 Å². The highest BCUT2D eigenvalue weighted by Crippen LogP contribution is 2.37. The van der Waals surface area contributed by atoms with Crippen LogP contribution in [0.15, 0.2) is 84.9 Å². The van der Waals surface area contributed by atoms with Crippen LogP contribution in [0.5, 0.6) is 5.75 Å². The molecule has 1 unspecified atom stereocenters. The third kappa shape index (κ3) is 5.78. The molecule has 0 spiro atoms. The number of methoxy groups -OCH3 is 2. The highest BCUT2D eigenvalue weighted by atomic mass is 16.8. The van der Waals surface area contributed by atoms with E-state index in [9.17, 15) is 0 Å². The van der Waals surface area contributed by atoms with Crippen molar-refractivity contribution < 1.29 is 33.2 Å². The van der Waals surface area contributed by atoms with Crippen LogP contribution in [0, 0.1) is 0 Å². The van der Waals surface area contributed by atoms with Crippen LogP contribution >= 0.6 is 0 Å². The smallest absolute Gasteiger partial charge is 0.186 e. The second-order valence-electron chi connectivity index (χ2n) is 8.84. The summed E-state index contributed by atoms with van der Waals surface area (Å²) in [6.07, 6.45) is -2.86. The zero-order valence-corrected chi connectivity index (χ0v) is 20.5. The van der Waals surface area contributed by atoms with Crippen LogP contribution < -0.4 is 4.74 Å². The van der Waals surface area contributed by atoms with Gasteiger partial charge in [0, 0.05) is 12.7 Å². The van der Waals surface area contributed by atoms with Crippen molar-refractivity contribution >= 4 is 0 Å². The van der Waals surface area contributed by atoms with Gasteiger partial charge >= 0.3 is 0 Å². The first-order valence-electron chi connectivity index (χ1n) is 12.2. The normalized spacial score (nSPS) is 27.8. The van der Waals surface area contributed by atoms with E-state index < -0.39 is 30.9 Å². The third-order valence-corrected chi connectivity index (χ3v) is 6.47. The summed E-state index contributed by atoms with van der Waals surface area (Å²) in [7, 11) is 3.26. The second kappa shape index (κ2) is 12.0. The standard InChI is InChI=1S/C29H32O7/c1-30-23-15-13-21(14-16-23)18-33-27-26(32-17-20-9-5-3-6-10-20)25-24(35-29(27)31-2)19-34-28(36-25)22-11-7-4-8-12-22/h3-16,24-29H,17-19H2,1-2H3/t24-,25-,26-,27+,28?,29+/m1/s1. The SMILES string of the molecule is COc1ccc(CO[C@@H]2[C@@H](OC)O[C@@H]3COC(c4ccccc4)O[C@H]3[C@H]2OCc2ccccc2)cc1. The van der Waals surface area contributed by atoms with Gasteiger partial charge in [-0.15, -0.1) is 0 Å². The number of ether oxygens (including phenoxy) is 7. The molecule has 0 aromatic heterocycles. The van der Waals surface area contributed by atoms with Crippen molar-refractivity contribution in [3.05, 3.63) is 102 Å². The molecule has 3 aromatic carbocycles. The second-order valence-corrected chi connectivity index (χ2v) is 8.84. The molecule has 0 bridgehead atoms. The van der Waals surface area contributed by atoms with E-state index >= 15 is 0 Å². The van der Waals surface area contributed by atoms with Crippen LogP contribution in [0.3, 0.4) is 0 Å². The fraction of sp³-hybridized carbons (Fsp3) is 0.379. The Hall–Kier alpha value is -2.78. The Labute approximate surface area is 211 Å². The summed E-state index contributed by atoms with van der Waals surface area (Å²) < 4.78 is 42.6. The average molecular weight is 493 g/mol. The van der Waals surface area contributed by atoms with Gasteiger partial charge in [-0.25, -0.2) is 0 Å². The van der Waals surface area contributed by atoms with Gasteiger partial charge in [-0.05, 0) is 23.3 Å². The number of benzene rings is 3. The number of rotatable bonds is 9. The first kappa shape index (κ1) is 24.9. The fourth-order valence-corrected chi connectivity index (χ4v) is 4.56. The zero-order chi connectivity index (χ0) is 24.7. The van der Waals surface area contributed by atoms with Gasteiger partial charge in [-0.3, -0.25) is 0 Å². The van der Waals surface area contributed by atoms with Gasteiger partial charge in [0.2, 0.25) is 0 Å². The summed E-state index contributed by atoms with van der Waals surface area (Å²) in [6, 6.07) is 27.7. The molecule has 5 rings (SSSR count). The molecule has 2 saturated heterocycles. The van der Waals surface area contributed by atoms with Gasteiger partial charge in [0.1, 0.15) is 30.2 Å². The van der Waals surface area contributed by atoms with Crippen LogP contribution in [0.4, 0.5) is 0 Å². The quantitative estimate of drug-likeness (QED) is 0.431. The maximum Gasteiger partial charge on any atom is 0.186 e. The van der Waals surface area contributed by atoms with Crippen molar-refractivity contribution in [2.45, 2.75) is 50.2 Å². The Balaban J connectivity index is 1.37. The lowest BCUT2D eigenvalue weighted by atomic mass is 9.97. The molecule has 6 atom stereocenters. The Bertz CT molecular complexity index is 1060. The van der Waals surface area contributed by atoms with Crippen molar-refractivity contribution in [1.82, 2.24) is 0 Å². The predicted octanol–water partition coefficient (Wildman–Crippen LogP) is 4.65. The van der Waals surface area contributed by atoms with E-state index in [-0.39, 0.29) is 6.10 Å². The Kier molecular flexibility index (Phi) is 8.28. The largest absolute Gasteiger partial charge is 0.497 e. The maximum atomic E-state index is 6.51. The van der Waals surface area contributed by atoms with Crippen molar-refractivity contribution in [3.63, 3.8) is 0 Å². The van der Waals surface area contributed by atoms with Crippen molar-refractivity contribution in [1.29, 1.82) is 0 Å². The zero-order valence-electron chi connectivity index (χ0n) is 20.5. The summed E-state index contributed by atoms with van der Waals surface area (Å²) in [4.78, 5) is 0. The molecular weight excluding hydrogens is 460 g/mol. The minimum absolute atomic E-state index is 0.350. The highest BCUT2D eigenvalue weighted by molar-refractivity contribution is 5.26. The van der Waals surface area contributed by atoms with Gasteiger partial charge in [-0.1, -0.05) is 72.8 Å². The average Bonchev–Trinajstić information content (AvgIpc) is 2.95. The van der Waals surface area contributed by atoms with E-state index in [2.05, 4.69) is 0 Å². The molecule has 0 N–H and O–H groups in total. The molecular formula is C29H32O7. The first-order valence-corrected chi connectivity index (χ1v) is 12.2. The van der Waals surface area contributed by atoms with E-state index in [1.165, 1.54) is 0 Å². The summed E-state index contributed by atoms with van der Waals surface area (Å²) in [5, 5.41) is 0. The molecule has 0 radical (unpaired) electrons. The molecule has 190 valence electrons. The predicted molar refractivity (Wildman–Crippen MR) is 132 cm³/mol. The summed E-state index contributed by atoms with van der Waals surface area (Å²) >= 11 is 0. The highest BCUT2D eigenvalue weighted by Gasteiger charge is 2.51. The van der Waals surface area contributed by atoms with E-state index in [4.69, 9.17) is 33.2 Å². The lowest BCUT2D eigenvalue weighted by Gasteiger charge is -2.48. The summed E-state index contributed by atoms with van der Waals surface area (Å²) in [5.74, 6) is 0.795. The lowest BCUT2D eigenvalue weighted by Crippen LogP contribution is -2.63. The van der Waals surface area contributed by atoms with Crippen LogP contribution in [0.2, 0.25) is 0 Å². The maximum absolute atomic E-state index is 6.51. The molecule has 0 amide bonds. The minimum atomic E-state index is -0.634. The fourth-order valence-electron chi connectivity index (χ4n) is 4.56. The molecule has 2 aliphatic heterocycles. The molecule has 2 heterocycles. The van der Waals surface area contributed by atoms with E-state index in [0.717, 1.165) is 22.4 Å². The molecule has 2 aliphatic rings. The minimum Gasteiger partial charge on any atom is -0.497 e. The van der Waals surface area contributed by atoms with Crippen molar-refractivity contribution in [2.75, 3.05) is 20.8 Å². The monoisotopic (exact) mass is 492 g/mol. The third-order valence-electron chi connectivity index (χ3n) is 6.47. The Morgan fingerprint density at radius 2 is 1.36 bits per heavy atom. The number of hydrogen-bond donors (Lipinski definition) is 0. The Morgan fingerprint density at radius 1 is 0.722 bits per heavy atom. The molecule has 0 aliphatic carbocycles. The summed E-state index contributed by atoms with van der Waals surface area (Å²) in [6.45, 7) is 1.13. The van der Waals surface area contributed by atoms with Gasteiger partial charge < -0.3 is 33.2 Å². The number of fused-ring (bicyclic) bond motifs is 1. The van der Waals surface area contributed by atoms with Gasteiger partial charge in [0.25, 0.3) is 0 Å². The Morgan fingerprint density at radius 3 is 2.03 bits per heavy atom. The first-order chi connectivity index (χ1) is 17.7. The van der Waals surface area contributed by atoms with Gasteiger partial charge in [0.05, 0.1) is 26.9 Å². The van der Waals surface area contributed by atoms with Crippen molar-refractivity contribution in [2.24, 2.45) is 0 Å². The van der Waals surface area contributed by atoms with Crippen LogP contribution in [0.25, 0.3) is 0 Å². The van der Waals surface area contributed by atoms with Crippen LogP contribution in [-0.4, -0.2) is 51.5 Å². The lowest BCUT2D eigenvalue weighted by molar-refractivity contribution is -0.369. The molecule has 36 heavy (non-hydrogen) atoms. The van der Waals surface area contributed by atoms with E-state index in [0.29, 0.717) is 19.8 Å².